The number of rotatable bonds is 3. The zero-order chi connectivity index (χ0) is 12.5. The Morgan fingerprint density at radius 3 is 2.47 bits per heavy atom. The number of amides is 1. The highest BCUT2D eigenvalue weighted by Gasteiger charge is 2.55. The third-order valence-corrected chi connectivity index (χ3v) is 3.89. The van der Waals surface area contributed by atoms with Gasteiger partial charge in [0.25, 0.3) is 5.91 Å². The standard InChI is InChI=1S/C13H19NO3/c1-3-13(4-2)11(15)14(17-12(13)16)10-8-6-5-7-9-10/h8H,3-7,9H2,1-2H3. The number of hydrogen-bond donors (Lipinski definition) is 0. The Kier molecular flexibility index (Phi) is 3.22. The van der Waals surface area contributed by atoms with Gasteiger partial charge in [-0.2, -0.15) is 0 Å². The summed E-state index contributed by atoms with van der Waals surface area (Å²) in [5.74, 6) is -0.570. The van der Waals surface area contributed by atoms with Crippen LogP contribution in [0.4, 0.5) is 0 Å². The first-order chi connectivity index (χ1) is 8.15. The zero-order valence-electron chi connectivity index (χ0n) is 10.5. The summed E-state index contributed by atoms with van der Waals surface area (Å²) in [5.41, 5.74) is -0.0865. The molecular formula is C13H19NO3. The van der Waals surface area contributed by atoms with Crippen molar-refractivity contribution in [3.8, 4) is 0 Å². The van der Waals surface area contributed by atoms with E-state index in [2.05, 4.69) is 0 Å². The molecule has 0 bridgehead atoms. The van der Waals surface area contributed by atoms with Crippen molar-refractivity contribution >= 4 is 11.9 Å². The maximum atomic E-state index is 12.3. The summed E-state index contributed by atoms with van der Waals surface area (Å²) >= 11 is 0. The topological polar surface area (TPSA) is 46.6 Å². The maximum Gasteiger partial charge on any atom is 0.348 e. The van der Waals surface area contributed by atoms with Gasteiger partial charge in [-0.15, -0.1) is 5.06 Å². The number of carbonyl (C=O) groups excluding carboxylic acids is 2. The molecule has 1 saturated heterocycles. The van der Waals surface area contributed by atoms with E-state index in [0.717, 1.165) is 31.4 Å². The molecule has 0 aromatic rings. The molecule has 94 valence electrons. The fourth-order valence-corrected chi connectivity index (χ4v) is 2.53. The van der Waals surface area contributed by atoms with Crippen molar-refractivity contribution in [1.82, 2.24) is 5.06 Å². The van der Waals surface area contributed by atoms with Crippen molar-refractivity contribution in [1.29, 1.82) is 0 Å². The molecule has 0 aromatic carbocycles. The minimum absolute atomic E-state index is 0.180. The van der Waals surface area contributed by atoms with Gasteiger partial charge in [-0.05, 0) is 38.5 Å². The maximum absolute atomic E-state index is 12.3. The van der Waals surface area contributed by atoms with E-state index < -0.39 is 5.41 Å². The monoisotopic (exact) mass is 237 g/mol. The van der Waals surface area contributed by atoms with Crippen LogP contribution in [0.25, 0.3) is 0 Å². The van der Waals surface area contributed by atoms with Gasteiger partial charge in [0.05, 0.1) is 5.70 Å². The molecule has 4 heteroatoms. The van der Waals surface area contributed by atoms with Crippen LogP contribution >= 0.6 is 0 Å². The van der Waals surface area contributed by atoms with E-state index >= 15 is 0 Å². The summed E-state index contributed by atoms with van der Waals surface area (Å²) in [6.45, 7) is 3.73. The van der Waals surface area contributed by atoms with Crippen LogP contribution < -0.4 is 0 Å². The van der Waals surface area contributed by atoms with Crippen molar-refractivity contribution < 1.29 is 14.4 Å². The first-order valence-corrected chi connectivity index (χ1v) is 6.41. The van der Waals surface area contributed by atoms with Crippen LogP contribution in [-0.4, -0.2) is 16.9 Å². The Hall–Kier alpha value is -1.32. The molecule has 4 nitrogen and oxygen atoms in total. The molecule has 2 aliphatic rings. The lowest BCUT2D eigenvalue weighted by molar-refractivity contribution is -0.172. The van der Waals surface area contributed by atoms with Crippen LogP contribution in [0.3, 0.4) is 0 Å². The van der Waals surface area contributed by atoms with Crippen molar-refractivity contribution in [2.75, 3.05) is 0 Å². The van der Waals surface area contributed by atoms with Crippen LogP contribution in [0.1, 0.15) is 52.4 Å². The Morgan fingerprint density at radius 1 is 1.29 bits per heavy atom. The summed E-state index contributed by atoms with van der Waals surface area (Å²) in [4.78, 5) is 29.4. The fraction of sp³-hybridized carbons (Fsp3) is 0.692. The lowest BCUT2D eigenvalue weighted by Gasteiger charge is -2.22. The molecule has 1 aliphatic carbocycles. The third-order valence-electron chi connectivity index (χ3n) is 3.89. The van der Waals surface area contributed by atoms with E-state index in [1.165, 1.54) is 5.06 Å². The zero-order valence-corrected chi connectivity index (χ0v) is 10.5. The highest BCUT2D eigenvalue weighted by atomic mass is 16.7. The molecule has 1 aliphatic heterocycles. The van der Waals surface area contributed by atoms with Crippen LogP contribution in [0.15, 0.2) is 11.8 Å². The summed E-state index contributed by atoms with van der Waals surface area (Å²) in [5, 5.41) is 1.24. The molecule has 2 rings (SSSR count). The number of allylic oxidation sites excluding steroid dienone is 2. The van der Waals surface area contributed by atoms with Crippen molar-refractivity contribution in [3.05, 3.63) is 11.8 Å². The molecule has 0 spiro atoms. The average molecular weight is 237 g/mol. The molecule has 1 fully saturated rings. The molecule has 0 saturated carbocycles. The second-order valence-electron chi connectivity index (χ2n) is 4.71. The van der Waals surface area contributed by atoms with E-state index in [1.54, 1.807) is 0 Å². The first-order valence-electron chi connectivity index (χ1n) is 6.41. The van der Waals surface area contributed by atoms with Crippen LogP contribution in [0, 0.1) is 5.41 Å². The van der Waals surface area contributed by atoms with Crippen molar-refractivity contribution in [3.63, 3.8) is 0 Å². The predicted molar refractivity (Wildman–Crippen MR) is 62.5 cm³/mol. The third kappa shape index (κ3) is 1.75. The number of hydroxylamine groups is 2. The molecule has 0 aromatic heterocycles. The van der Waals surface area contributed by atoms with Gasteiger partial charge >= 0.3 is 5.97 Å². The number of carbonyl (C=O) groups is 2. The lowest BCUT2D eigenvalue weighted by atomic mass is 9.82. The van der Waals surface area contributed by atoms with Gasteiger partial charge < -0.3 is 4.84 Å². The van der Waals surface area contributed by atoms with Gasteiger partial charge in [-0.3, -0.25) is 4.79 Å². The highest BCUT2D eigenvalue weighted by molar-refractivity contribution is 6.06. The molecule has 17 heavy (non-hydrogen) atoms. The molecule has 1 heterocycles. The second-order valence-corrected chi connectivity index (χ2v) is 4.71. The largest absolute Gasteiger partial charge is 0.348 e. The smallest absolute Gasteiger partial charge is 0.332 e. The van der Waals surface area contributed by atoms with Crippen LogP contribution in [-0.2, 0) is 14.4 Å². The average Bonchev–Trinajstić information content (AvgIpc) is 2.63. The van der Waals surface area contributed by atoms with Crippen LogP contribution in [0.5, 0.6) is 0 Å². The van der Waals surface area contributed by atoms with Crippen LogP contribution in [0.2, 0.25) is 0 Å². The van der Waals surface area contributed by atoms with Crippen molar-refractivity contribution in [2.24, 2.45) is 5.41 Å². The van der Waals surface area contributed by atoms with E-state index in [-0.39, 0.29) is 11.9 Å². The van der Waals surface area contributed by atoms with E-state index in [0.29, 0.717) is 12.8 Å². The highest BCUT2D eigenvalue weighted by Crippen LogP contribution is 2.39. The van der Waals surface area contributed by atoms with Gasteiger partial charge in [0.15, 0.2) is 5.41 Å². The molecule has 0 atom stereocenters. The lowest BCUT2D eigenvalue weighted by Crippen LogP contribution is -2.35. The molecule has 0 N–H and O–H groups in total. The Balaban J connectivity index is 2.26. The summed E-state index contributed by atoms with van der Waals surface area (Å²) in [6.07, 6.45) is 7.00. The van der Waals surface area contributed by atoms with Crippen molar-refractivity contribution in [2.45, 2.75) is 52.4 Å². The van der Waals surface area contributed by atoms with E-state index in [9.17, 15) is 9.59 Å². The Morgan fingerprint density at radius 2 is 2.00 bits per heavy atom. The van der Waals surface area contributed by atoms with Gasteiger partial charge in [0.1, 0.15) is 0 Å². The number of nitrogens with zero attached hydrogens (tertiary/aromatic N) is 1. The minimum atomic E-state index is -0.946. The second kappa shape index (κ2) is 4.51. The van der Waals surface area contributed by atoms with Gasteiger partial charge in [0.2, 0.25) is 0 Å². The predicted octanol–water partition coefficient (Wildman–Crippen LogP) is 2.55. The molecular weight excluding hydrogens is 218 g/mol. The first kappa shape index (κ1) is 12.1. The van der Waals surface area contributed by atoms with E-state index in [1.807, 2.05) is 19.9 Å². The Labute approximate surface area is 102 Å². The minimum Gasteiger partial charge on any atom is -0.332 e. The van der Waals surface area contributed by atoms with Gasteiger partial charge in [-0.1, -0.05) is 19.9 Å². The molecule has 0 unspecified atom stereocenters. The summed E-state index contributed by atoms with van der Waals surface area (Å²) < 4.78 is 0. The van der Waals surface area contributed by atoms with Gasteiger partial charge in [0, 0.05) is 0 Å². The molecule has 1 amide bonds. The van der Waals surface area contributed by atoms with E-state index in [4.69, 9.17) is 4.84 Å². The summed E-state index contributed by atoms with van der Waals surface area (Å²) in [7, 11) is 0. The Bertz CT molecular complexity index is 369. The summed E-state index contributed by atoms with van der Waals surface area (Å²) in [6, 6.07) is 0. The molecule has 0 radical (unpaired) electrons. The normalized spacial score (nSPS) is 23.6. The SMILES string of the molecule is CCC1(CC)C(=O)ON(C2=CCCCC2)C1=O. The fourth-order valence-electron chi connectivity index (χ4n) is 2.53. The quantitative estimate of drug-likeness (QED) is 0.709. The van der Waals surface area contributed by atoms with Gasteiger partial charge in [-0.25, -0.2) is 4.79 Å². The number of hydrogen-bond acceptors (Lipinski definition) is 3.